The minimum atomic E-state index is -4.41. The Hall–Kier alpha value is -1.49. The van der Waals surface area contributed by atoms with Crippen molar-refractivity contribution in [2.75, 3.05) is 0 Å². The molecule has 0 saturated carbocycles. The van der Waals surface area contributed by atoms with E-state index in [1.165, 1.54) is 22.7 Å². The van der Waals surface area contributed by atoms with Crippen LogP contribution in [0, 0.1) is 13.8 Å². The maximum atomic E-state index is 13.4. The average molecular weight is 456 g/mol. The number of ketones is 1. The summed E-state index contributed by atoms with van der Waals surface area (Å²) in [4.78, 5) is 23.3. The third kappa shape index (κ3) is 4.65. The highest BCUT2D eigenvalue weighted by Gasteiger charge is 2.50. The molecule has 0 atom stereocenters. The normalized spacial score (nSPS) is 16.1. The maximum absolute atomic E-state index is 13.4. The molecular formula is C18H18F6N2OS2. The van der Waals surface area contributed by atoms with Gasteiger partial charge < -0.3 is 0 Å². The number of thiazole rings is 2. The Kier molecular flexibility index (Phi) is 5.85. The van der Waals surface area contributed by atoms with Gasteiger partial charge in [-0.15, -0.1) is 22.7 Å². The van der Waals surface area contributed by atoms with Gasteiger partial charge in [-0.2, -0.15) is 26.3 Å². The molecule has 0 fully saturated rings. The summed E-state index contributed by atoms with van der Waals surface area (Å²) < 4.78 is 76.3. The first-order valence-corrected chi connectivity index (χ1v) is 10.6. The summed E-state index contributed by atoms with van der Waals surface area (Å²) in [5, 5.41) is 1.22. The van der Waals surface area contributed by atoms with Crippen molar-refractivity contribution in [3.63, 3.8) is 0 Å². The summed E-state index contributed by atoms with van der Waals surface area (Å²) in [6, 6.07) is 0. The van der Waals surface area contributed by atoms with Crippen LogP contribution in [0.4, 0.5) is 26.3 Å². The quantitative estimate of drug-likeness (QED) is 0.450. The number of aryl methyl sites for hydroxylation is 2. The third-order valence-electron chi connectivity index (χ3n) is 4.91. The van der Waals surface area contributed by atoms with Gasteiger partial charge in [0.05, 0.1) is 30.9 Å². The van der Waals surface area contributed by atoms with Crippen LogP contribution in [0.25, 0.3) is 9.75 Å². The molecule has 160 valence electrons. The van der Waals surface area contributed by atoms with E-state index in [-0.39, 0.29) is 31.4 Å². The number of halogens is 6. The standard InChI is InChI=1S/C18H18F6N2OS2/c1-9-25-11-12(28-9)13-14(26-10(2)29-13)16(15(11)27,5-3-7-17(19,20)21)6-4-8-18(22,23)24/h3-8H2,1-2H3. The van der Waals surface area contributed by atoms with Crippen LogP contribution in [0.5, 0.6) is 0 Å². The lowest BCUT2D eigenvalue weighted by atomic mass is 9.68. The van der Waals surface area contributed by atoms with Crippen molar-refractivity contribution in [2.45, 2.75) is 70.1 Å². The fourth-order valence-electron chi connectivity index (χ4n) is 3.74. The van der Waals surface area contributed by atoms with Crippen LogP contribution in [0.3, 0.4) is 0 Å². The van der Waals surface area contributed by atoms with E-state index in [1.54, 1.807) is 13.8 Å². The fourth-order valence-corrected chi connectivity index (χ4v) is 5.81. The van der Waals surface area contributed by atoms with Gasteiger partial charge in [0.25, 0.3) is 0 Å². The molecule has 2 aromatic rings. The van der Waals surface area contributed by atoms with Crippen molar-refractivity contribution in [3.05, 3.63) is 21.4 Å². The molecule has 0 spiro atoms. The molecule has 11 heteroatoms. The number of carbonyl (C=O) groups is 1. The monoisotopic (exact) mass is 456 g/mol. The Morgan fingerprint density at radius 3 is 1.83 bits per heavy atom. The van der Waals surface area contributed by atoms with Gasteiger partial charge in [-0.05, 0) is 39.5 Å². The van der Waals surface area contributed by atoms with Gasteiger partial charge in [0.15, 0.2) is 5.78 Å². The van der Waals surface area contributed by atoms with E-state index in [0.29, 0.717) is 25.5 Å². The van der Waals surface area contributed by atoms with Crippen LogP contribution in [-0.4, -0.2) is 28.1 Å². The molecular weight excluding hydrogens is 438 g/mol. The van der Waals surface area contributed by atoms with Gasteiger partial charge in [-0.1, -0.05) is 0 Å². The summed E-state index contributed by atoms with van der Waals surface area (Å²) in [6.45, 7) is 3.41. The Morgan fingerprint density at radius 1 is 0.828 bits per heavy atom. The van der Waals surface area contributed by atoms with Crippen LogP contribution >= 0.6 is 22.7 Å². The smallest absolute Gasteiger partial charge is 0.291 e. The van der Waals surface area contributed by atoms with E-state index in [0.717, 1.165) is 0 Å². The second kappa shape index (κ2) is 7.64. The number of alkyl halides is 6. The predicted molar refractivity (Wildman–Crippen MR) is 98.5 cm³/mol. The van der Waals surface area contributed by atoms with Crippen LogP contribution in [0.15, 0.2) is 0 Å². The van der Waals surface area contributed by atoms with Gasteiger partial charge >= 0.3 is 12.4 Å². The zero-order valence-corrected chi connectivity index (χ0v) is 17.3. The van der Waals surface area contributed by atoms with E-state index < -0.39 is 36.4 Å². The average Bonchev–Trinajstić information content (AvgIpc) is 3.13. The van der Waals surface area contributed by atoms with E-state index in [4.69, 9.17) is 0 Å². The fraction of sp³-hybridized carbons (Fsp3) is 0.611. The van der Waals surface area contributed by atoms with Crippen molar-refractivity contribution >= 4 is 28.5 Å². The van der Waals surface area contributed by atoms with Crippen molar-refractivity contribution in [1.82, 2.24) is 9.97 Å². The Morgan fingerprint density at radius 2 is 1.31 bits per heavy atom. The summed E-state index contributed by atoms with van der Waals surface area (Å²) in [5.74, 6) is -0.515. The SMILES string of the molecule is Cc1nc2c(s1)-c1sc(C)nc1C(CCCC(F)(F)F)(CCCC(F)(F)F)C2=O. The molecule has 0 bridgehead atoms. The first-order valence-electron chi connectivity index (χ1n) is 8.96. The van der Waals surface area contributed by atoms with Gasteiger partial charge in [0, 0.05) is 12.8 Å². The van der Waals surface area contributed by atoms with E-state index in [2.05, 4.69) is 9.97 Å². The highest BCUT2D eigenvalue weighted by atomic mass is 32.1. The van der Waals surface area contributed by atoms with Gasteiger partial charge in [-0.3, -0.25) is 4.79 Å². The first-order chi connectivity index (χ1) is 13.3. The number of carbonyl (C=O) groups excluding carboxylic acids is 1. The van der Waals surface area contributed by atoms with E-state index >= 15 is 0 Å². The molecule has 0 aromatic carbocycles. The first kappa shape index (κ1) is 22.2. The highest BCUT2D eigenvalue weighted by Crippen LogP contribution is 2.52. The Balaban J connectivity index is 2.04. The number of nitrogens with zero attached hydrogens (tertiary/aromatic N) is 2. The lowest BCUT2D eigenvalue weighted by Gasteiger charge is -2.34. The largest absolute Gasteiger partial charge is 0.389 e. The van der Waals surface area contributed by atoms with Crippen molar-refractivity contribution < 1.29 is 31.1 Å². The number of fused-ring (bicyclic) bond motifs is 3. The molecule has 2 aromatic heterocycles. The third-order valence-corrected chi connectivity index (χ3v) is 7.01. The van der Waals surface area contributed by atoms with Crippen LogP contribution in [-0.2, 0) is 5.41 Å². The lowest BCUT2D eigenvalue weighted by Crippen LogP contribution is -2.40. The second-order valence-electron chi connectivity index (χ2n) is 7.17. The van der Waals surface area contributed by atoms with Crippen LogP contribution < -0.4 is 0 Å². The second-order valence-corrected chi connectivity index (χ2v) is 9.58. The molecule has 1 aliphatic rings. The number of Topliss-reactive ketones (excluding diaryl/α,β-unsaturated/α-hetero) is 1. The molecule has 0 aliphatic heterocycles. The van der Waals surface area contributed by atoms with Gasteiger partial charge in [0.1, 0.15) is 5.69 Å². The zero-order valence-electron chi connectivity index (χ0n) is 15.6. The highest BCUT2D eigenvalue weighted by molar-refractivity contribution is 7.22. The molecule has 0 saturated heterocycles. The summed E-state index contributed by atoms with van der Waals surface area (Å²) in [5.41, 5.74) is -1.06. The number of aromatic nitrogens is 2. The minimum Gasteiger partial charge on any atom is -0.291 e. The van der Waals surface area contributed by atoms with E-state index in [9.17, 15) is 31.1 Å². The Bertz CT molecular complexity index is 893. The number of hydrogen-bond acceptors (Lipinski definition) is 5. The number of rotatable bonds is 6. The summed E-state index contributed by atoms with van der Waals surface area (Å²) >= 11 is 2.58. The molecule has 0 N–H and O–H groups in total. The molecule has 0 amide bonds. The topological polar surface area (TPSA) is 42.9 Å². The molecule has 29 heavy (non-hydrogen) atoms. The predicted octanol–water partition coefficient (Wildman–Crippen LogP) is 6.78. The molecule has 0 unspecified atom stereocenters. The molecule has 0 radical (unpaired) electrons. The molecule has 3 nitrogen and oxygen atoms in total. The lowest BCUT2D eigenvalue weighted by molar-refractivity contribution is -0.136. The van der Waals surface area contributed by atoms with E-state index in [1.807, 2.05) is 0 Å². The molecule has 2 heterocycles. The summed E-state index contributed by atoms with van der Waals surface area (Å²) in [7, 11) is 0. The van der Waals surface area contributed by atoms with Gasteiger partial charge in [-0.25, -0.2) is 9.97 Å². The summed E-state index contributed by atoms with van der Waals surface area (Å²) in [6.07, 6.45) is -12.2. The minimum absolute atomic E-state index is 0.141. The molecule has 3 rings (SSSR count). The number of hydrogen-bond donors (Lipinski definition) is 0. The van der Waals surface area contributed by atoms with Crippen molar-refractivity contribution in [2.24, 2.45) is 0 Å². The van der Waals surface area contributed by atoms with Crippen LogP contribution in [0.2, 0.25) is 0 Å². The van der Waals surface area contributed by atoms with Crippen LogP contribution in [0.1, 0.15) is 64.7 Å². The maximum Gasteiger partial charge on any atom is 0.389 e. The Labute approximate surface area is 171 Å². The zero-order chi connectivity index (χ0) is 21.6. The van der Waals surface area contributed by atoms with Crippen molar-refractivity contribution in [1.29, 1.82) is 0 Å². The van der Waals surface area contributed by atoms with Crippen molar-refractivity contribution in [3.8, 4) is 9.75 Å². The molecule has 1 aliphatic carbocycles. The van der Waals surface area contributed by atoms with Gasteiger partial charge in [0.2, 0.25) is 0 Å².